The monoisotopic (exact) mass is 251 g/mol. The van der Waals surface area contributed by atoms with Crippen molar-refractivity contribution < 1.29 is 9.18 Å². The van der Waals surface area contributed by atoms with Crippen molar-refractivity contribution >= 4 is 11.6 Å². The zero-order valence-corrected chi connectivity index (χ0v) is 11.4. The third kappa shape index (κ3) is 4.13. The lowest BCUT2D eigenvalue weighted by molar-refractivity contribution is -0.118. The number of para-hydroxylation sites is 1. The van der Waals surface area contributed by atoms with Crippen LogP contribution in [0.2, 0.25) is 0 Å². The van der Waals surface area contributed by atoms with Crippen LogP contribution in [0, 0.1) is 11.7 Å². The first-order chi connectivity index (χ1) is 8.56. The molecule has 3 heteroatoms. The van der Waals surface area contributed by atoms with Crippen LogP contribution in [0.25, 0.3) is 0 Å². The summed E-state index contributed by atoms with van der Waals surface area (Å²) < 4.78 is 13.7. The highest BCUT2D eigenvalue weighted by Crippen LogP contribution is 2.20. The van der Waals surface area contributed by atoms with Gasteiger partial charge in [0.1, 0.15) is 5.82 Å². The molecule has 0 spiro atoms. The van der Waals surface area contributed by atoms with E-state index in [2.05, 4.69) is 13.8 Å². The first-order valence-corrected chi connectivity index (χ1v) is 6.61. The summed E-state index contributed by atoms with van der Waals surface area (Å²) in [6, 6.07) is 6.46. The van der Waals surface area contributed by atoms with E-state index in [9.17, 15) is 9.18 Å². The Bertz CT molecular complexity index is 390. The third-order valence-corrected chi connectivity index (χ3v) is 2.83. The van der Waals surface area contributed by atoms with Crippen molar-refractivity contribution in [3.8, 4) is 0 Å². The molecule has 1 amide bonds. The fourth-order valence-corrected chi connectivity index (χ4v) is 1.82. The summed E-state index contributed by atoms with van der Waals surface area (Å²) in [7, 11) is 0. The average Bonchev–Trinajstić information content (AvgIpc) is 2.34. The van der Waals surface area contributed by atoms with Gasteiger partial charge in [-0.3, -0.25) is 4.79 Å². The Balaban J connectivity index is 2.82. The quantitative estimate of drug-likeness (QED) is 0.748. The van der Waals surface area contributed by atoms with Gasteiger partial charge in [-0.25, -0.2) is 4.39 Å². The summed E-state index contributed by atoms with van der Waals surface area (Å²) in [4.78, 5) is 13.7. The molecule has 1 aromatic rings. The zero-order chi connectivity index (χ0) is 13.5. The second-order valence-electron chi connectivity index (χ2n) is 4.93. The van der Waals surface area contributed by atoms with Crippen LogP contribution in [-0.2, 0) is 4.79 Å². The standard InChI is InChI=1S/C15H22FNO/c1-4-11-17(15(18)10-9-12(2)3)14-8-6-5-7-13(14)16/h5-8,12H,4,9-11H2,1-3H3. The molecule has 0 aliphatic heterocycles. The lowest BCUT2D eigenvalue weighted by atomic mass is 10.1. The summed E-state index contributed by atoms with van der Waals surface area (Å²) in [5, 5.41) is 0. The van der Waals surface area contributed by atoms with Crippen LogP contribution in [0.15, 0.2) is 24.3 Å². The molecule has 0 saturated heterocycles. The fraction of sp³-hybridized carbons (Fsp3) is 0.533. The van der Waals surface area contributed by atoms with E-state index in [1.54, 1.807) is 23.1 Å². The molecular weight excluding hydrogens is 229 g/mol. The SMILES string of the molecule is CCCN(C(=O)CCC(C)C)c1ccccc1F. The van der Waals surface area contributed by atoms with Gasteiger partial charge in [0.25, 0.3) is 0 Å². The first kappa shape index (κ1) is 14.7. The molecule has 0 aromatic heterocycles. The van der Waals surface area contributed by atoms with Gasteiger partial charge in [0, 0.05) is 13.0 Å². The van der Waals surface area contributed by atoms with E-state index in [-0.39, 0.29) is 11.7 Å². The van der Waals surface area contributed by atoms with Crippen LogP contribution in [0.4, 0.5) is 10.1 Å². The summed E-state index contributed by atoms with van der Waals surface area (Å²) in [6.45, 7) is 6.72. The highest BCUT2D eigenvalue weighted by atomic mass is 19.1. The molecule has 0 unspecified atom stereocenters. The second kappa shape index (κ2) is 7.14. The van der Waals surface area contributed by atoms with Crippen LogP contribution in [0.5, 0.6) is 0 Å². The molecule has 0 saturated carbocycles. The van der Waals surface area contributed by atoms with E-state index in [1.165, 1.54) is 6.07 Å². The molecule has 0 atom stereocenters. The van der Waals surface area contributed by atoms with Crippen molar-refractivity contribution in [2.75, 3.05) is 11.4 Å². The number of halogens is 1. The molecule has 0 aliphatic rings. The van der Waals surface area contributed by atoms with Crippen molar-refractivity contribution in [3.63, 3.8) is 0 Å². The van der Waals surface area contributed by atoms with E-state index in [4.69, 9.17) is 0 Å². The molecule has 0 radical (unpaired) electrons. The molecule has 0 bridgehead atoms. The number of hydrogen-bond donors (Lipinski definition) is 0. The minimum Gasteiger partial charge on any atom is -0.310 e. The lowest BCUT2D eigenvalue weighted by Crippen LogP contribution is -2.32. The first-order valence-electron chi connectivity index (χ1n) is 6.61. The summed E-state index contributed by atoms with van der Waals surface area (Å²) >= 11 is 0. The molecule has 18 heavy (non-hydrogen) atoms. The molecule has 100 valence electrons. The van der Waals surface area contributed by atoms with E-state index in [1.807, 2.05) is 6.92 Å². The van der Waals surface area contributed by atoms with Gasteiger partial charge in [-0.1, -0.05) is 32.9 Å². The molecule has 1 rings (SSSR count). The van der Waals surface area contributed by atoms with Gasteiger partial charge in [-0.2, -0.15) is 0 Å². The number of nitrogens with zero attached hydrogens (tertiary/aromatic N) is 1. The van der Waals surface area contributed by atoms with Crippen LogP contribution in [0.3, 0.4) is 0 Å². The summed E-state index contributed by atoms with van der Waals surface area (Å²) in [6.07, 6.45) is 2.14. The Morgan fingerprint density at radius 1 is 1.33 bits per heavy atom. The highest BCUT2D eigenvalue weighted by molar-refractivity contribution is 5.93. The van der Waals surface area contributed by atoms with Crippen LogP contribution < -0.4 is 4.90 Å². The van der Waals surface area contributed by atoms with Crippen molar-refractivity contribution in [1.29, 1.82) is 0 Å². The third-order valence-electron chi connectivity index (χ3n) is 2.83. The number of carbonyl (C=O) groups is 1. The molecule has 0 aliphatic carbocycles. The van der Waals surface area contributed by atoms with E-state index in [0.29, 0.717) is 24.6 Å². The Kier molecular flexibility index (Phi) is 5.83. The largest absolute Gasteiger partial charge is 0.310 e. The summed E-state index contributed by atoms with van der Waals surface area (Å²) in [5.74, 6) is 0.164. The minimum absolute atomic E-state index is 0.00986. The highest BCUT2D eigenvalue weighted by Gasteiger charge is 2.17. The van der Waals surface area contributed by atoms with Crippen molar-refractivity contribution in [2.24, 2.45) is 5.92 Å². The maximum Gasteiger partial charge on any atom is 0.227 e. The Morgan fingerprint density at radius 3 is 2.56 bits per heavy atom. The fourth-order valence-electron chi connectivity index (χ4n) is 1.82. The molecular formula is C15H22FNO. The van der Waals surface area contributed by atoms with Crippen molar-refractivity contribution in [3.05, 3.63) is 30.1 Å². The van der Waals surface area contributed by atoms with Crippen LogP contribution in [-0.4, -0.2) is 12.5 Å². The number of amides is 1. The van der Waals surface area contributed by atoms with Crippen molar-refractivity contribution in [2.45, 2.75) is 40.0 Å². The molecule has 0 fully saturated rings. The average molecular weight is 251 g/mol. The topological polar surface area (TPSA) is 20.3 Å². The molecule has 0 N–H and O–H groups in total. The van der Waals surface area contributed by atoms with Gasteiger partial charge in [0.15, 0.2) is 0 Å². The maximum atomic E-state index is 13.7. The second-order valence-corrected chi connectivity index (χ2v) is 4.93. The molecule has 1 aromatic carbocycles. The van der Waals surface area contributed by atoms with Gasteiger partial charge >= 0.3 is 0 Å². The molecule has 0 heterocycles. The van der Waals surface area contributed by atoms with Gasteiger partial charge in [0.05, 0.1) is 5.69 Å². The summed E-state index contributed by atoms with van der Waals surface area (Å²) in [5.41, 5.74) is 0.396. The van der Waals surface area contributed by atoms with E-state index in [0.717, 1.165) is 12.8 Å². The predicted octanol–water partition coefficient (Wildman–Crippen LogP) is 4.00. The lowest BCUT2D eigenvalue weighted by Gasteiger charge is -2.23. The Hall–Kier alpha value is -1.38. The predicted molar refractivity (Wildman–Crippen MR) is 73.1 cm³/mol. The van der Waals surface area contributed by atoms with E-state index < -0.39 is 0 Å². The smallest absolute Gasteiger partial charge is 0.227 e. The number of hydrogen-bond acceptors (Lipinski definition) is 1. The number of benzene rings is 1. The van der Waals surface area contributed by atoms with Gasteiger partial charge in [0.2, 0.25) is 5.91 Å². The van der Waals surface area contributed by atoms with Gasteiger partial charge in [-0.05, 0) is 30.9 Å². The number of carbonyl (C=O) groups excluding carboxylic acids is 1. The van der Waals surface area contributed by atoms with Crippen molar-refractivity contribution in [1.82, 2.24) is 0 Å². The Morgan fingerprint density at radius 2 is 2.00 bits per heavy atom. The minimum atomic E-state index is -0.330. The van der Waals surface area contributed by atoms with Crippen LogP contribution in [0.1, 0.15) is 40.0 Å². The normalized spacial score (nSPS) is 10.7. The maximum absolute atomic E-state index is 13.7. The zero-order valence-electron chi connectivity index (χ0n) is 11.4. The van der Waals surface area contributed by atoms with E-state index >= 15 is 0 Å². The van der Waals surface area contributed by atoms with Crippen LogP contribution >= 0.6 is 0 Å². The Labute approximate surface area is 109 Å². The number of anilines is 1. The van der Waals surface area contributed by atoms with Gasteiger partial charge < -0.3 is 4.90 Å². The molecule has 2 nitrogen and oxygen atoms in total. The number of rotatable bonds is 6. The van der Waals surface area contributed by atoms with Gasteiger partial charge in [-0.15, -0.1) is 0 Å².